The van der Waals surface area contributed by atoms with Crippen LogP contribution in [0.3, 0.4) is 0 Å². The fourth-order valence-electron chi connectivity index (χ4n) is 3.01. The SMILES string of the molecule is COc1ccc(N2CC[C@H](CNC(=O)Nc3ccc(Cl)c(Cl)c3)C2)cc1. The summed E-state index contributed by atoms with van der Waals surface area (Å²) in [6, 6.07) is 12.8. The van der Waals surface area contributed by atoms with Crippen LogP contribution in [-0.4, -0.2) is 32.8 Å². The van der Waals surface area contributed by atoms with Gasteiger partial charge in [0.15, 0.2) is 0 Å². The van der Waals surface area contributed by atoms with E-state index in [0.29, 0.717) is 28.2 Å². The Morgan fingerprint density at radius 1 is 1.19 bits per heavy atom. The van der Waals surface area contributed by atoms with Gasteiger partial charge in [-0.25, -0.2) is 4.79 Å². The lowest BCUT2D eigenvalue weighted by atomic mass is 10.1. The second-order valence-corrected chi connectivity index (χ2v) is 7.08. The zero-order valence-electron chi connectivity index (χ0n) is 14.5. The third-order valence-electron chi connectivity index (χ3n) is 4.45. The summed E-state index contributed by atoms with van der Waals surface area (Å²) < 4.78 is 5.19. The van der Waals surface area contributed by atoms with Gasteiger partial charge in [-0.15, -0.1) is 0 Å². The van der Waals surface area contributed by atoms with Gasteiger partial charge in [-0.3, -0.25) is 0 Å². The molecule has 0 saturated carbocycles. The van der Waals surface area contributed by atoms with E-state index in [4.69, 9.17) is 27.9 Å². The number of carbonyl (C=O) groups is 1. The number of amides is 2. The summed E-state index contributed by atoms with van der Waals surface area (Å²) in [6.45, 7) is 2.52. The molecule has 138 valence electrons. The molecule has 2 aromatic carbocycles. The van der Waals surface area contributed by atoms with Crippen molar-refractivity contribution in [3.63, 3.8) is 0 Å². The number of hydrogen-bond acceptors (Lipinski definition) is 3. The van der Waals surface area contributed by atoms with Gasteiger partial charge in [0.1, 0.15) is 5.75 Å². The van der Waals surface area contributed by atoms with Crippen LogP contribution >= 0.6 is 23.2 Å². The molecule has 1 aliphatic heterocycles. The molecule has 1 aliphatic rings. The Balaban J connectivity index is 1.46. The fraction of sp³-hybridized carbons (Fsp3) is 0.316. The second kappa shape index (κ2) is 8.52. The number of methoxy groups -OCH3 is 1. The van der Waals surface area contributed by atoms with Crippen LogP contribution in [-0.2, 0) is 0 Å². The molecule has 7 heteroatoms. The lowest BCUT2D eigenvalue weighted by Crippen LogP contribution is -2.34. The molecule has 1 fully saturated rings. The maximum atomic E-state index is 12.1. The van der Waals surface area contributed by atoms with Gasteiger partial charge in [-0.1, -0.05) is 23.2 Å². The van der Waals surface area contributed by atoms with Gasteiger partial charge >= 0.3 is 6.03 Å². The number of urea groups is 1. The second-order valence-electron chi connectivity index (χ2n) is 6.26. The minimum Gasteiger partial charge on any atom is -0.497 e. The van der Waals surface area contributed by atoms with Gasteiger partial charge in [-0.05, 0) is 54.8 Å². The molecular weight excluding hydrogens is 373 g/mol. The zero-order chi connectivity index (χ0) is 18.5. The Labute approximate surface area is 163 Å². The largest absolute Gasteiger partial charge is 0.497 e. The van der Waals surface area contributed by atoms with Crippen LogP contribution in [0.5, 0.6) is 5.75 Å². The first-order chi connectivity index (χ1) is 12.5. The van der Waals surface area contributed by atoms with Gasteiger partial charge in [0, 0.05) is 31.0 Å². The molecule has 0 radical (unpaired) electrons. The summed E-state index contributed by atoms with van der Waals surface area (Å²) in [5.41, 5.74) is 1.79. The van der Waals surface area contributed by atoms with Gasteiger partial charge < -0.3 is 20.3 Å². The van der Waals surface area contributed by atoms with E-state index in [1.807, 2.05) is 12.1 Å². The zero-order valence-corrected chi connectivity index (χ0v) is 16.0. The molecule has 1 heterocycles. The molecule has 5 nitrogen and oxygen atoms in total. The highest BCUT2D eigenvalue weighted by Crippen LogP contribution is 2.26. The summed E-state index contributed by atoms with van der Waals surface area (Å²) in [5, 5.41) is 6.57. The van der Waals surface area contributed by atoms with E-state index in [0.717, 1.165) is 25.3 Å². The van der Waals surface area contributed by atoms with Gasteiger partial charge in [0.05, 0.1) is 17.2 Å². The number of anilines is 2. The summed E-state index contributed by atoms with van der Waals surface area (Å²) in [7, 11) is 1.66. The van der Waals surface area contributed by atoms with Crippen molar-refractivity contribution in [1.29, 1.82) is 0 Å². The third-order valence-corrected chi connectivity index (χ3v) is 5.19. The summed E-state index contributed by atoms with van der Waals surface area (Å²) in [5.74, 6) is 1.27. The van der Waals surface area contributed by atoms with E-state index in [-0.39, 0.29) is 6.03 Å². The monoisotopic (exact) mass is 393 g/mol. The quantitative estimate of drug-likeness (QED) is 0.776. The van der Waals surface area contributed by atoms with Crippen LogP contribution in [0.25, 0.3) is 0 Å². The van der Waals surface area contributed by atoms with Crippen molar-refractivity contribution in [2.75, 3.05) is 37.0 Å². The van der Waals surface area contributed by atoms with Crippen molar-refractivity contribution in [2.24, 2.45) is 5.92 Å². The molecule has 0 spiro atoms. The highest BCUT2D eigenvalue weighted by molar-refractivity contribution is 6.42. The first-order valence-corrected chi connectivity index (χ1v) is 9.19. The van der Waals surface area contributed by atoms with E-state index in [1.54, 1.807) is 25.3 Å². The molecule has 0 aromatic heterocycles. The maximum absolute atomic E-state index is 12.1. The molecule has 1 atom stereocenters. The van der Waals surface area contributed by atoms with Crippen molar-refractivity contribution < 1.29 is 9.53 Å². The number of nitrogens with zero attached hydrogens (tertiary/aromatic N) is 1. The average Bonchev–Trinajstić information content (AvgIpc) is 3.12. The van der Waals surface area contributed by atoms with Crippen molar-refractivity contribution in [3.8, 4) is 5.75 Å². The number of rotatable bonds is 5. The van der Waals surface area contributed by atoms with Gasteiger partial charge in [-0.2, -0.15) is 0 Å². The number of benzene rings is 2. The molecule has 2 N–H and O–H groups in total. The van der Waals surface area contributed by atoms with Crippen LogP contribution in [0, 0.1) is 5.92 Å². The average molecular weight is 394 g/mol. The van der Waals surface area contributed by atoms with Gasteiger partial charge in [0.25, 0.3) is 0 Å². The first-order valence-electron chi connectivity index (χ1n) is 8.44. The molecule has 3 rings (SSSR count). The maximum Gasteiger partial charge on any atom is 0.319 e. The molecule has 1 saturated heterocycles. The normalized spacial score (nSPS) is 16.4. The Kier molecular flexibility index (Phi) is 6.12. The van der Waals surface area contributed by atoms with Crippen LogP contribution < -0.4 is 20.3 Å². The Morgan fingerprint density at radius 2 is 1.96 bits per heavy atom. The van der Waals surface area contributed by atoms with E-state index < -0.39 is 0 Å². The predicted molar refractivity (Wildman–Crippen MR) is 107 cm³/mol. The van der Waals surface area contributed by atoms with Gasteiger partial charge in [0.2, 0.25) is 0 Å². The van der Waals surface area contributed by atoms with Crippen LogP contribution in [0.2, 0.25) is 10.0 Å². The molecule has 0 aliphatic carbocycles. The lowest BCUT2D eigenvalue weighted by Gasteiger charge is -2.19. The summed E-state index contributed by atoms with van der Waals surface area (Å²) >= 11 is 11.8. The van der Waals surface area contributed by atoms with Crippen LogP contribution in [0.1, 0.15) is 6.42 Å². The Bertz CT molecular complexity index is 768. The number of ether oxygens (including phenoxy) is 1. The van der Waals surface area contributed by atoms with E-state index in [1.165, 1.54) is 5.69 Å². The third kappa shape index (κ3) is 4.74. The summed E-state index contributed by atoms with van der Waals surface area (Å²) in [6.07, 6.45) is 1.04. The van der Waals surface area contributed by atoms with E-state index in [9.17, 15) is 4.79 Å². The number of halogens is 2. The predicted octanol–water partition coefficient (Wildman–Crippen LogP) is 4.65. The number of hydrogen-bond donors (Lipinski definition) is 2. The molecule has 2 aromatic rings. The number of carbonyl (C=O) groups excluding carboxylic acids is 1. The molecule has 26 heavy (non-hydrogen) atoms. The van der Waals surface area contributed by atoms with Crippen molar-refractivity contribution >= 4 is 40.6 Å². The molecule has 2 amide bonds. The first kappa shape index (κ1) is 18.7. The smallest absolute Gasteiger partial charge is 0.319 e. The fourth-order valence-corrected chi connectivity index (χ4v) is 3.31. The molecular formula is C19H21Cl2N3O2. The topological polar surface area (TPSA) is 53.6 Å². The molecule has 0 unspecified atom stereocenters. The van der Waals surface area contributed by atoms with Crippen molar-refractivity contribution in [2.45, 2.75) is 6.42 Å². The van der Waals surface area contributed by atoms with Crippen molar-refractivity contribution in [3.05, 3.63) is 52.5 Å². The highest BCUT2D eigenvalue weighted by atomic mass is 35.5. The number of nitrogens with one attached hydrogen (secondary N) is 2. The Hall–Kier alpha value is -2.11. The summed E-state index contributed by atoms with van der Waals surface area (Å²) in [4.78, 5) is 14.4. The lowest BCUT2D eigenvalue weighted by molar-refractivity contribution is 0.250. The van der Waals surface area contributed by atoms with Crippen LogP contribution in [0.15, 0.2) is 42.5 Å². The van der Waals surface area contributed by atoms with E-state index in [2.05, 4.69) is 27.7 Å². The van der Waals surface area contributed by atoms with E-state index >= 15 is 0 Å². The highest BCUT2D eigenvalue weighted by Gasteiger charge is 2.23. The minimum atomic E-state index is -0.244. The Morgan fingerprint density at radius 3 is 2.65 bits per heavy atom. The molecule has 0 bridgehead atoms. The van der Waals surface area contributed by atoms with Crippen molar-refractivity contribution in [1.82, 2.24) is 5.32 Å². The minimum absolute atomic E-state index is 0.244. The van der Waals surface area contributed by atoms with Crippen LogP contribution in [0.4, 0.5) is 16.2 Å². The standard InChI is InChI=1S/C19H21Cl2N3O2/c1-26-16-5-3-15(4-6-16)24-9-8-13(12-24)11-22-19(25)23-14-2-7-17(20)18(21)10-14/h2-7,10,13H,8-9,11-12H2,1H3,(H2,22,23,25)/t13-/m1/s1.